The van der Waals surface area contributed by atoms with E-state index in [9.17, 15) is 0 Å². The third kappa shape index (κ3) is 14.0. The van der Waals surface area contributed by atoms with Gasteiger partial charge in [0.25, 0.3) is 0 Å². The van der Waals surface area contributed by atoms with E-state index >= 15 is 0 Å². The van der Waals surface area contributed by atoms with Gasteiger partial charge in [-0.2, -0.15) is 0 Å². The van der Waals surface area contributed by atoms with Crippen LogP contribution in [0.4, 0.5) is 0 Å². The molecule has 0 atom stereocenters. The summed E-state index contributed by atoms with van der Waals surface area (Å²) in [5.41, 5.74) is 0. The van der Waals surface area contributed by atoms with Gasteiger partial charge in [0.2, 0.25) is 0 Å². The molecule has 0 amide bonds. The summed E-state index contributed by atoms with van der Waals surface area (Å²) in [5, 5.41) is 0. The zero-order valence-electron chi connectivity index (χ0n) is 18.1. The van der Waals surface area contributed by atoms with Crippen molar-refractivity contribution in [3.63, 3.8) is 0 Å². The lowest BCUT2D eigenvalue weighted by molar-refractivity contribution is 0.706. The lowest BCUT2D eigenvalue weighted by Crippen LogP contribution is -1.87. The van der Waals surface area contributed by atoms with Crippen LogP contribution in [0.15, 0.2) is 32.9 Å². The smallest absolute Gasteiger partial charge is 0.00942 e. The molecule has 0 aromatic heterocycles. The van der Waals surface area contributed by atoms with Gasteiger partial charge in [0.05, 0.1) is 0 Å². The first-order chi connectivity index (χ1) is 13.3. The van der Waals surface area contributed by atoms with E-state index in [2.05, 4.69) is 74.3 Å². The summed E-state index contributed by atoms with van der Waals surface area (Å²) in [4.78, 5) is 4.46. The SMILES string of the molecule is CCCCCCSc1cc(SCCCCCC)cc(SCCCCCC)c1. The van der Waals surface area contributed by atoms with Gasteiger partial charge in [-0.25, -0.2) is 0 Å². The average Bonchev–Trinajstić information content (AvgIpc) is 2.67. The largest absolute Gasteiger partial charge is 0.126 e. The Morgan fingerprint density at radius 3 is 1.00 bits per heavy atom. The third-order valence-electron chi connectivity index (χ3n) is 4.65. The lowest BCUT2D eigenvalue weighted by Gasteiger charge is -2.10. The Balaban J connectivity index is 2.52. The molecule has 0 saturated heterocycles. The maximum atomic E-state index is 2.44. The highest BCUT2D eigenvalue weighted by Crippen LogP contribution is 2.33. The van der Waals surface area contributed by atoms with E-state index in [0.29, 0.717) is 0 Å². The molecule has 27 heavy (non-hydrogen) atoms. The van der Waals surface area contributed by atoms with Crippen LogP contribution in [0.3, 0.4) is 0 Å². The molecule has 1 aromatic carbocycles. The minimum absolute atomic E-state index is 1.27. The van der Waals surface area contributed by atoms with Crippen LogP contribution in [-0.2, 0) is 0 Å². The van der Waals surface area contributed by atoms with Crippen LogP contribution < -0.4 is 0 Å². The van der Waals surface area contributed by atoms with Crippen molar-refractivity contribution >= 4 is 35.3 Å². The molecule has 0 saturated carbocycles. The first-order valence-corrected chi connectivity index (χ1v) is 14.3. The Hall–Kier alpha value is 0.270. The minimum atomic E-state index is 1.27. The summed E-state index contributed by atoms with van der Waals surface area (Å²) in [6, 6.07) is 7.32. The number of hydrogen-bond acceptors (Lipinski definition) is 3. The summed E-state index contributed by atoms with van der Waals surface area (Å²) in [7, 11) is 0. The van der Waals surface area contributed by atoms with Crippen LogP contribution in [0, 0.1) is 0 Å². The van der Waals surface area contributed by atoms with Gasteiger partial charge in [-0.15, -0.1) is 35.3 Å². The second kappa shape index (κ2) is 18.3. The fourth-order valence-electron chi connectivity index (χ4n) is 2.95. The molecule has 0 aliphatic heterocycles. The molecule has 0 N–H and O–H groups in total. The van der Waals surface area contributed by atoms with Gasteiger partial charge in [-0.05, 0) is 54.7 Å². The molecule has 0 bridgehead atoms. The molecular weight excluding hydrogens is 384 g/mol. The molecule has 0 aliphatic carbocycles. The van der Waals surface area contributed by atoms with Crippen LogP contribution in [0.25, 0.3) is 0 Å². The first kappa shape index (κ1) is 25.3. The number of thioether (sulfide) groups is 3. The van der Waals surface area contributed by atoms with Gasteiger partial charge < -0.3 is 0 Å². The van der Waals surface area contributed by atoms with Gasteiger partial charge in [0.1, 0.15) is 0 Å². The molecule has 0 spiro atoms. The Morgan fingerprint density at radius 1 is 0.444 bits per heavy atom. The van der Waals surface area contributed by atoms with E-state index in [0.717, 1.165) is 0 Å². The molecule has 0 unspecified atom stereocenters. The second-order valence-corrected chi connectivity index (χ2v) is 10.9. The normalized spacial score (nSPS) is 11.2. The van der Waals surface area contributed by atoms with Crippen LogP contribution in [0.1, 0.15) is 97.8 Å². The average molecular weight is 427 g/mol. The Morgan fingerprint density at radius 2 is 0.741 bits per heavy atom. The number of rotatable bonds is 18. The van der Waals surface area contributed by atoms with E-state index in [1.165, 1.54) is 109 Å². The zero-order chi connectivity index (χ0) is 19.6. The van der Waals surface area contributed by atoms with E-state index < -0.39 is 0 Å². The van der Waals surface area contributed by atoms with Crippen molar-refractivity contribution in [2.75, 3.05) is 17.3 Å². The van der Waals surface area contributed by atoms with E-state index in [1.54, 1.807) is 0 Å². The van der Waals surface area contributed by atoms with Crippen molar-refractivity contribution in [2.45, 2.75) is 113 Å². The Kier molecular flexibility index (Phi) is 17.2. The van der Waals surface area contributed by atoms with Gasteiger partial charge in [0.15, 0.2) is 0 Å². The molecule has 156 valence electrons. The second-order valence-electron chi connectivity index (χ2n) is 7.37. The Labute approximate surface area is 182 Å². The predicted molar refractivity (Wildman–Crippen MR) is 131 cm³/mol. The van der Waals surface area contributed by atoms with Gasteiger partial charge in [-0.3, -0.25) is 0 Å². The topological polar surface area (TPSA) is 0 Å². The van der Waals surface area contributed by atoms with Crippen molar-refractivity contribution in [3.05, 3.63) is 18.2 Å². The maximum absolute atomic E-state index is 2.44. The van der Waals surface area contributed by atoms with Gasteiger partial charge in [-0.1, -0.05) is 78.6 Å². The summed E-state index contributed by atoms with van der Waals surface area (Å²) < 4.78 is 0. The van der Waals surface area contributed by atoms with Crippen LogP contribution in [0.5, 0.6) is 0 Å². The first-order valence-electron chi connectivity index (χ1n) is 11.3. The quantitative estimate of drug-likeness (QED) is 0.169. The van der Waals surface area contributed by atoms with E-state index in [-0.39, 0.29) is 0 Å². The van der Waals surface area contributed by atoms with Crippen LogP contribution in [0.2, 0.25) is 0 Å². The van der Waals surface area contributed by atoms with Crippen molar-refractivity contribution in [2.24, 2.45) is 0 Å². The molecule has 1 aromatic rings. The van der Waals surface area contributed by atoms with E-state index in [4.69, 9.17) is 0 Å². The summed E-state index contributed by atoms with van der Waals surface area (Å²) in [6.45, 7) is 6.87. The molecule has 0 fully saturated rings. The summed E-state index contributed by atoms with van der Waals surface area (Å²) in [5.74, 6) is 3.81. The molecule has 0 aliphatic rings. The fourth-order valence-corrected chi connectivity index (χ4v) is 6.19. The molecule has 0 nitrogen and oxygen atoms in total. The van der Waals surface area contributed by atoms with Gasteiger partial charge in [0, 0.05) is 14.7 Å². The molecule has 3 heteroatoms. The van der Waals surface area contributed by atoms with Crippen molar-refractivity contribution in [1.29, 1.82) is 0 Å². The van der Waals surface area contributed by atoms with Crippen LogP contribution >= 0.6 is 35.3 Å². The monoisotopic (exact) mass is 426 g/mol. The zero-order valence-corrected chi connectivity index (χ0v) is 20.5. The summed E-state index contributed by atoms with van der Waals surface area (Å²) >= 11 is 6.20. The third-order valence-corrected chi connectivity index (χ3v) is 7.84. The lowest BCUT2D eigenvalue weighted by atomic mass is 10.2. The fraction of sp³-hybridized carbons (Fsp3) is 0.750. The highest BCUT2D eigenvalue weighted by molar-refractivity contribution is 8.00. The standard InChI is InChI=1S/C24H42S3/c1-4-7-10-13-16-25-22-19-23(26-17-14-11-8-5-2)21-24(20-22)27-18-15-12-9-6-3/h19-21H,4-18H2,1-3H3. The predicted octanol–water partition coefficient (Wildman–Crippen LogP) is 9.70. The maximum Gasteiger partial charge on any atom is 0.00942 e. The van der Waals surface area contributed by atoms with Gasteiger partial charge >= 0.3 is 0 Å². The molecular formula is C24H42S3. The molecule has 0 radical (unpaired) electrons. The van der Waals surface area contributed by atoms with Crippen molar-refractivity contribution in [3.8, 4) is 0 Å². The Bertz CT molecular complexity index is 380. The van der Waals surface area contributed by atoms with Crippen molar-refractivity contribution in [1.82, 2.24) is 0 Å². The van der Waals surface area contributed by atoms with Crippen LogP contribution in [-0.4, -0.2) is 17.3 Å². The minimum Gasteiger partial charge on any atom is -0.126 e. The number of unbranched alkanes of at least 4 members (excludes halogenated alkanes) is 9. The van der Waals surface area contributed by atoms with Crippen molar-refractivity contribution < 1.29 is 0 Å². The molecule has 1 rings (SSSR count). The number of hydrogen-bond donors (Lipinski definition) is 0. The summed E-state index contributed by atoms with van der Waals surface area (Å²) in [6.07, 6.45) is 16.3. The highest BCUT2D eigenvalue weighted by Gasteiger charge is 2.04. The highest BCUT2D eigenvalue weighted by atomic mass is 32.2. The molecule has 0 heterocycles. The number of benzene rings is 1. The van der Waals surface area contributed by atoms with E-state index in [1.807, 2.05) is 0 Å².